The molecule has 0 aromatic carbocycles. The summed E-state index contributed by atoms with van der Waals surface area (Å²) in [4.78, 5) is 4.33. The number of ether oxygens (including phenoxy) is 1. The van der Waals surface area contributed by atoms with Crippen molar-refractivity contribution in [2.75, 3.05) is 19.7 Å². The molecule has 1 fully saturated rings. The zero-order valence-electron chi connectivity index (χ0n) is 10.8. The molecule has 16 heavy (non-hydrogen) atoms. The highest BCUT2D eigenvalue weighted by molar-refractivity contribution is 5.77. The van der Waals surface area contributed by atoms with Gasteiger partial charge in [-0.1, -0.05) is 13.8 Å². The van der Waals surface area contributed by atoms with Gasteiger partial charge in [0, 0.05) is 13.2 Å². The summed E-state index contributed by atoms with van der Waals surface area (Å²) in [6.07, 6.45) is 3.33. The molecule has 1 aliphatic rings. The van der Waals surface area contributed by atoms with Crippen molar-refractivity contribution >= 4 is 5.96 Å². The topological polar surface area (TPSA) is 59.6 Å². The molecule has 1 rings (SSSR count). The van der Waals surface area contributed by atoms with Gasteiger partial charge < -0.3 is 15.8 Å². The van der Waals surface area contributed by atoms with E-state index in [9.17, 15) is 0 Å². The Hall–Kier alpha value is -0.770. The molecule has 1 atom stereocenters. The molecule has 1 aliphatic heterocycles. The van der Waals surface area contributed by atoms with E-state index in [0.717, 1.165) is 32.4 Å². The van der Waals surface area contributed by atoms with Crippen molar-refractivity contribution in [2.45, 2.75) is 45.6 Å². The van der Waals surface area contributed by atoms with Gasteiger partial charge in [0.25, 0.3) is 0 Å². The smallest absolute Gasteiger partial charge is 0.188 e. The van der Waals surface area contributed by atoms with Crippen LogP contribution >= 0.6 is 0 Å². The molecule has 4 nitrogen and oxygen atoms in total. The van der Waals surface area contributed by atoms with E-state index in [0.29, 0.717) is 18.4 Å². The lowest BCUT2D eigenvalue weighted by molar-refractivity contribution is 0.0284. The van der Waals surface area contributed by atoms with Crippen LogP contribution in [-0.4, -0.2) is 31.3 Å². The maximum absolute atomic E-state index is 5.78. The zero-order chi connectivity index (χ0) is 12.0. The van der Waals surface area contributed by atoms with E-state index in [1.807, 2.05) is 0 Å². The standard InChI is InChI=1S/C12H25N3O/c1-10(2)5-7-14-11(13)15-9-12(3)6-4-8-16-12/h10H,4-9H2,1-3H3,(H3,13,14,15). The second-order valence-corrected chi connectivity index (χ2v) is 5.21. The van der Waals surface area contributed by atoms with Crippen molar-refractivity contribution < 1.29 is 4.74 Å². The van der Waals surface area contributed by atoms with E-state index in [-0.39, 0.29) is 5.60 Å². The molecule has 0 aliphatic carbocycles. The number of hydrogen-bond donors (Lipinski definition) is 2. The number of nitrogens with two attached hydrogens (primary N) is 1. The Morgan fingerprint density at radius 3 is 2.88 bits per heavy atom. The van der Waals surface area contributed by atoms with Crippen molar-refractivity contribution in [1.82, 2.24) is 5.32 Å². The first-order chi connectivity index (χ1) is 7.52. The van der Waals surface area contributed by atoms with Crippen molar-refractivity contribution in [2.24, 2.45) is 16.6 Å². The van der Waals surface area contributed by atoms with Gasteiger partial charge in [-0.3, -0.25) is 4.99 Å². The first-order valence-electron chi connectivity index (χ1n) is 6.19. The highest BCUT2D eigenvalue weighted by Crippen LogP contribution is 2.24. The monoisotopic (exact) mass is 227 g/mol. The van der Waals surface area contributed by atoms with E-state index >= 15 is 0 Å². The first kappa shape index (κ1) is 13.3. The van der Waals surface area contributed by atoms with Crippen LogP contribution in [0, 0.1) is 5.92 Å². The van der Waals surface area contributed by atoms with Gasteiger partial charge in [0.1, 0.15) is 0 Å². The van der Waals surface area contributed by atoms with Gasteiger partial charge in [-0.25, -0.2) is 0 Å². The Morgan fingerprint density at radius 2 is 2.31 bits per heavy atom. The summed E-state index contributed by atoms with van der Waals surface area (Å²) in [6, 6.07) is 0. The van der Waals surface area contributed by atoms with Crippen LogP contribution in [0.15, 0.2) is 4.99 Å². The van der Waals surface area contributed by atoms with E-state index in [2.05, 4.69) is 31.1 Å². The fourth-order valence-corrected chi connectivity index (χ4v) is 1.76. The van der Waals surface area contributed by atoms with Crippen molar-refractivity contribution in [3.05, 3.63) is 0 Å². The third-order valence-electron chi connectivity index (χ3n) is 2.91. The second-order valence-electron chi connectivity index (χ2n) is 5.21. The Balaban J connectivity index is 2.22. The van der Waals surface area contributed by atoms with Crippen LogP contribution in [0.1, 0.15) is 40.0 Å². The van der Waals surface area contributed by atoms with Crippen LogP contribution in [-0.2, 0) is 4.74 Å². The SMILES string of the molecule is CC(C)CCNC(N)=NCC1(C)CCCO1. The van der Waals surface area contributed by atoms with Gasteiger partial charge >= 0.3 is 0 Å². The van der Waals surface area contributed by atoms with Crippen LogP contribution < -0.4 is 11.1 Å². The van der Waals surface area contributed by atoms with Crippen molar-refractivity contribution in [1.29, 1.82) is 0 Å². The average molecular weight is 227 g/mol. The summed E-state index contributed by atoms with van der Waals surface area (Å²) in [6.45, 7) is 8.90. The predicted octanol–water partition coefficient (Wildman–Crippen LogP) is 1.51. The van der Waals surface area contributed by atoms with Gasteiger partial charge in [0.15, 0.2) is 5.96 Å². The van der Waals surface area contributed by atoms with Gasteiger partial charge in [-0.05, 0) is 32.1 Å². The molecule has 3 N–H and O–H groups in total. The molecule has 1 heterocycles. The number of nitrogens with zero attached hydrogens (tertiary/aromatic N) is 1. The highest BCUT2D eigenvalue weighted by atomic mass is 16.5. The minimum absolute atomic E-state index is 0.0929. The molecule has 0 radical (unpaired) electrons. The lowest BCUT2D eigenvalue weighted by atomic mass is 10.0. The minimum atomic E-state index is -0.0929. The Labute approximate surface area is 98.6 Å². The van der Waals surface area contributed by atoms with Crippen molar-refractivity contribution in [3.8, 4) is 0 Å². The molecule has 94 valence electrons. The van der Waals surface area contributed by atoms with Crippen LogP contribution in [0.5, 0.6) is 0 Å². The third kappa shape index (κ3) is 4.84. The summed E-state index contributed by atoms with van der Waals surface area (Å²) in [5, 5.41) is 3.13. The average Bonchev–Trinajstić information content (AvgIpc) is 2.62. The van der Waals surface area contributed by atoms with E-state index < -0.39 is 0 Å². The number of aliphatic imine (C=N–C) groups is 1. The molecular weight excluding hydrogens is 202 g/mol. The first-order valence-corrected chi connectivity index (χ1v) is 6.19. The van der Waals surface area contributed by atoms with Gasteiger partial charge in [-0.2, -0.15) is 0 Å². The predicted molar refractivity (Wildman–Crippen MR) is 67.5 cm³/mol. The summed E-state index contributed by atoms with van der Waals surface area (Å²) in [7, 11) is 0. The number of guanidine groups is 1. The molecule has 0 aromatic rings. The molecule has 4 heteroatoms. The fraction of sp³-hybridized carbons (Fsp3) is 0.917. The van der Waals surface area contributed by atoms with E-state index in [4.69, 9.17) is 10.5 Å². The number of nitrogens with one attached hydrogen (secondary N) is 1. The maximum Gasteiger partial charge on any atom is 0.188 e. The summed E-state index contributed by atoms with van der Waals surface area (Å²) in [5.74, 6) is 1.23. The third-order valence-corrected chi connectivity index (χ3v) is 2.91. The Morgan fingerprint density at radius 1 is 1.56 bits per heavy atom. The summed E-state index contributed by atoms with van der Waals surface area (Å²) < 4.78 is 5.64. The normalized spacial score (nSPS) is 26.4. The van der Waals surface area contributed by atoms with Crippen LogP contribution in [0.3, 0.4) is 0 Å². The number of rotatable bonds is 5. The lowest BCUT2D eigenvalue weighted by Crippen LogP contribution is -2.35. The van der Waals surface area contributed by atoms with Crippen LogP contribution in [0.2, 0.25) is 0 Å². The molecule has 1 unspecified atom stereocenters. The second kappa shape index (κ2) is 6.09. The maximum atomic E-state index is 5.78. The van der Waals surface area contributed by atoms with Crippen molar-refractivity contribution in [3.63, 3.8) is 0 Å². The van der Waals surface area contributed by atoms with Crippen LogP contribution in [0.25, 0.3) is 0 Å². The highest BCUT2D eigenvalue weighted by Gasteiger charge is 2.29. The van der Waals surface area contributed by atoms with Crippen LogP contribution in [0.4, 0.5) is 0 Å². The molecular formula is C12H25N3O. The zero-order valence-corrected chi connectivity index (χ0v) is 10.8. The Bertz CT molecular complexity index is 232. The number of hydrogen-bond acceptors (Lipinski definition) is 2. The molecule has 0 aromatic heterocycles. The lowest BCUT2D eigenvalue weighted by Gasteiger charge is -2.20. The van der Waals surface area contributed by atoms with Gasteiger partial charge in [0.2, 0.25) is 0 Å². The Kier molecular flexibility index (Phi) is 5.06. The summed E-state index contributed by atoms with van der Waals surface area (Å²) in [5.41, 5.74) is 5.69. The van der Waals surface area contributed by atoms with E-state index in [1.54, 1.807) is 0 Å². The molecule has 1 saturated heterocycles. The van der Waals surface area contributed by atoms with E-state index in [1.165, 1.54) is 0 Å². The molecule has 0 spiro atoms. The molecule has 0 bridgehead atoms. The fourth-order valence-electron chi connectivity index (χ4n) is 1.76. The largest absolute Gasteiger partial charge is 0.373 e. The quantitative estimate of drug-likeness (QED) is 0.553. The summed E-state index contributed by atoms with van der Waals surface area (Å²) >= 11 is 0. The minimum Gasteiger partial charge on any atom is -0.373 e. The molecule has 0 saturated carbocycles. The molecule has 0 amide bonds. The van der Waals surface area contributed by atoms with Gasteiger partial charge in [0.05, 0.1) is 12.1 Å². The van der Waals surface area contributed by atoms with Gasteiger partial charge in [-0.15, -0.1) is 0 Å².